The fourth-order valence-corrected chi connectivity index (χ4v) is 8.43. The number of sulfonamides is 1. The van der Waals surface area contributed by atoms with Crippen LogP contribution in [0.3, 0.4) is 0 Å². The summed E-state index contributed by atoms with van der Waals surface area (Å²) in [4.78, 5) is 30.3. The third kappa shape index (κ3) is 9.10. The molecule has 1 aliphatic heterocycles. The number of rotatable bonds is 12. The van der Waals surface area contributed by atoms with Crippen molar-refractivity contribution in [1.82, 2.24) is 14.9 Å². The molecular weight excluding hydrogens is 679 g/mol. The second-order valence-electron chi connectivity index (χ2n) is 14.5. The highest BCUT2D eigenvalue weighted by Gasteiger charge is 2.45. The van der Waals surface area contributed by atoms with E-state index < -0.39 is 38.7 Å². The smallest absolute Gasteiger partial charge is 0.339 e. The van der Waals surface area contributed by atoms with Crippen molar-refractivity contribution in [2.45, 2.75) is 69.7 Å². The van der Waals surface area contributed by atoms with Crippen molar-refractivity contribution in [2.75, 3.05) is 25.1 Å². The van der Waals surface area contributed by atoms with Crippen LogP contribution in [-0.2, 0) is 31.5 Å². The van der Waals surface area contributed by atoms with Gasteiger partial charge in [0.2, 0.25) is 15.9 Å². The van der Waals surface area contributed by atoms with Crippen LogP contribution in [0.15, 0.2) is 109 Å². The minimum absolute atomic E-state index is 0.153. The van der Waals surface area contributed by atoms with E-state index >= 15 is 0 Å². The summed E-state index contributed by atoms with van der Waals surface area (Å²) in [5, 5.41) is 3.74. The Kier molecular flexibility index (Phi) is 11.8. The van der Waals surface area contributed by atoms with Gasteiger partial charge in [0.05, 0.1) is 23.4 Å². The summed E-state index contributed by atoms with van der Waals surface area (Å²) in [6, 6.07) is 34.2. The minimum Gasteiger partial charge on any atom is -0.456 e. The summed E-state index contributed by atoms with van der Waals surface area (Å²) in [5.74, 6) is -0.453. The lowest BCUT2D eigenvalue weighted by molar-refractivity contribution is -0.134. The fourth-order valence-electron chi connectivity index (χ4n) is 7.12. The van der Waals surface area contributed by atoms with Crippen LogP contribution in [-0.4, -0.2) is 67.5 Å². The second-order valence-corrected chi connectivity index (χ2v) is 16.6. The van der Waals surface area contributed by atoms with Gasteiger partial charge in [-0.05, 0) is 80.8 Å². The minimum atomic E-state index is -3.53. The monoisotopic (exact) mass is 727 g/mol. The molecule has 10 heteroatoms. The molecule has 0 spiro atoms. The molecule has 0 unspecified atom stereocenters. The SMILES string of the molecule is Cc1ccccc1CC1(NS(C)(=O)=O)CCN(C(=O)[C@H](CS)NC(c2ccccc2)(c2ccccc2)c2ccccc2C(=O)OC(C)(C)C)CC1. The van der Waals surface area contributed by atoms with E-state index in [1.54, 1.807) is 11.0 Å². The lowest BCUT2D eigenvalue weighted by atomic mass is 9.74. The first-order chi connectivity index (χ1) is 24.2. The molecule has 4 aromatic rings. The fraction of sp³-hybridized carbons (Fsp3) is 0.366. The predicted octanol–water partition coefficient (Wildman–Crippen LogP) is 6.28. The average molecular weight is 728 g/mol. The molecule has 4 aromatic carbocycles. The highest BCUT2D eigenvalue weighted by atomic mass is 32.2. The number of carbonyl (C=O) groups excluding carboxylic acids is 2. The number of benzene rings is 4. The molecule has 5 rings (SSSR count). The van der Waals surface area contributed by atoms with Crippen LogP contribution in [0.4, 0.5) is 0 Å². The molecule has 0 radical (unpaired) electrons. The van der Waals surface area contributed by atoms with Gasteiger partial charge in [0.25, 0.3) is 0 Å². The van der Waals surface area contributed by atoms with Gasteiger partial charge in [-0.1, -0.05) is 103 Å². The van der Waals surface area contributed by atoms with Crippen LogP contribution in [0.5, 0.6) is 0 Å². The number of nitrogens with zero attached hydrogens (tertiary/aromatic N) is 1. The van der Waals surface area contributed by atoms with E-state index in [0.29, 0.717) is 43.5 Å². The summed E-state index contributed by atoms with van der Waals surface area (Å²) in [7, 11) is -3.53. The van der Waals surface area contributed by atoms with Gasteiger partial charge in [0.1, 0.15) is 5.60 Å². The zero-order valence-electron chi connectivity index (χ0n) is 30.1. The number of ether oxygens (including phenoxy) is 1. The molecule has 1 saturated heterocycles. The standard InChI is InChI=1S/C41H49N3O5S2/c1-30-16-12-13-17-31(30)28-40(43-51(5,47)48)24-26-44(27-25-40)37(45)36(29-50)42-41(32-18-8-6-9-19-32,33-20-10-7-11-21-33)35-23-15-14-22-34(35)38(46)49-39(2,3)4/h6-23,36,42-43,50H,24-29H2,1-5H3/t36-/m0/s1. The molecule has 0 aliphatic carbocycles. The van der Waals surface area contributed by atoms with E-state index in [0.717, 1.165) is 22.3 Å². The lowest BCUT2D eigenvalue weighted by Crippen LogP contribution is -2.61. The summed E-state index contributed by atoms with van der Waals surface area (Å²) >= 11 is 4.72. The molecule has 270 valence electrons. The van der Waals surface area contributed by atoms with Crippen molar-refractivity contribution in [2.24, 2.45) is 0 Å². The molecule has 0 aromatic heterocycles. The number of hydrogen-bond donors (Lipinski definition) is 3. The van der Waals surface area contributed by atoms with E-state index in [4.69, 9.17) is 17.4 Å². The van der Waals surface area contributed by atoms with Crippen LogP contribution in [0.1, 0.15) is 71.8 Å². The Morgan fingerprint density at radius 2 is 1.37 bits per heavy atom. The normalized spacial score (nSPS) is 15.6. The maximum absolute atomic E-state index is 14.6. The largest absolute Gasteiger partial charge is 0.456 e. The molecule has 1 aliphatic rings. The number of esters is 1. The van der Waals surface area contributed by atoms with E-state index in [2.05, 4.69) is 10.0 Å². The van der Waals surface area contributed by atoms with Crippen molar-refractivity contribution >= 4 is 34.5 Å². The van der Waals surface area contributed by atoms with Gasteiger partial charge in [0, 0.05) is 24.4 Å². The highest BCUT2D eigenvalue weighted by molar-refractivity contribution is 7.88. The Morgan fingerprint density at radius 3 is 1.90 bits per heavy atom. The summed E-state index contributed by atoms with van der Waals surface area (Å²) in [5.41, 5.74) is 2.23. The summed E-state index contributed by atoms with van der Waals surface area (Å²) < 4.78 is 34.1. The number of likely N-dealkylation sites (tertiary alicyclic amines) is 1. The Hall–Kier alpha value is -3.96. The molecule has 1 fully saturated rings. The van der Waals surface area contributed by atoms with Crippen molar-refractivity contribution in [3.8, 4) is 0 Å². The van der Waals surface area contributed by atoms with Crippen molar-refractivity contribution in [1.29, 1.82) is 0 Å². The number of nitrogens with one attached hydrogen (secondary N) is 2. The van der Waals surface area contributed by atoms with Crippen molar-refractivity contribution in [3.05, 3.63) is 143 Å². The molecule has 0 saturated carbocycles. The molecule has 51 heavy (non-hydrogen) atoms. The van der Waals surface area contributed by atoms with Gasteiger partial charge in [-0.25, -0.2) is 17.9 Å². The number of thiol groups is 1. The maximum atomic E-state index is 14.6. The number of hydrogen-bond acceptors (Lipinski definition) is 7. The average Bonchev–Trinajstić information content (AvgIpc) is 3.09. The molecule has 1 atom stereocenters. The number of piperidine rings is 1. The van der Waals surface area contributed by atoms with E-state index in [-0.39, 0.29) is 11.7 Å². The first-order valence-corrected chi connectivity index (χ1v) is 19.8. The van der Waals surface area contributed by atoms with Crippen LogP contribution in [0, 0.1) is 6.92 Å². The Balaban J connectivity index is 1.54. The first kappa shape index (κ1) is 38.3. The first-order valence-electron chi connectivity index (χ1n) is 17.3. The number of carbonyl (C=O) groups is 2. The third-order valence-electron chi connectivity index (χ3n) is 9.46. The second kappa shape index (κ2) is 15.7. The zero-order chi connectivity index (χ0) is 36.9. The molecular formula is C41H49N3O5S2. The molecule has 0 bridgehead atoms. The van der Waals surface area contributed by atoms with Crippen LogP contribution in [0.25, 0.3) is 0 Å². The van der Waals surface area contributed by atoms with Gasteiger partial charge in [0.15, 0.2) is 0 Å². The maximum Gasteiger partial charge on any atom is 0.339 e. The van der Waals surface area contributed by atoms with Crippen molar-refractivity contribution < 1.29 is 22.7 Å². The van der Waals surface area contributed by atoms with E-state index in [9.17, 15) is 18.0 Å². The van der Waals surface area contributed by atoms with Gasteiger partial charge >= 0.3 is 5.97 Å². The molecule has 2 N–H and O–H groups in total. The van der Waals surface area contributed by atoms with Gasteiger partial charge in [-0.3, -0.25) is 10.1 Å². The Bertz CT molecular complexity index is 1880. The molecule has 8 nitrogen and oxygen atoms in total. The quantitative estimate of drug-likeness (QED) is 0.0902. The van der Waals surface area contributed by atoms with Crippen LogP contribution in [0.2, 0.25) is 0 Å². The van der Waals surface area contributed by atoms with E-state index in [1.165, 1.54) is 6.26 Å². The van der Waals surface area contributed by atoms with Gasteiger partial charge < -0.3 is 9.64 Å². The topological polar surface area (TPSA) is 105 Å². The summed E-state index contributed by atoms with van der Waals surface area (Å²) in [6.07, 6.45) is 2.61. The van der Waals surface area contributed by atoms with Crippen LogP contribution < -0.4 is 10.0 Å². The highest BCUT2D eigenvalue weighted by Crippen LogP contribution is 2.40. The predicted molar refractivity (Wildman–Crippen MR) is 207 cm³/mol. The number of aryl methyl sites for hydroxylation is 1. The van der Waals surface area contributed by atoms with Gasteiger partial charge in [-0.2, -0.15) is 12.6 Å². The molecule has 1 amide bonds. The van der Waals surface area contributed by atoms with E-state index in [1.807, 2.05) is 131 Å². The Morgan fingerprint density at radius 1 is 0.843 bits per heavy atom. The Labute approximate surface area is 308 Å². The zero-order valence-corrected chi connectivity index (χ0v) is 31.8. The summed E-state index contributed by atoms with van der Waals surface area (Å²) in [6.45, 7) is 8.25. The third-order valence-corrected chi connectivity index (χ3v) is 10.6. The number of amides is 1. The molecule has 1 heterocycles. The van der Waals surface area contributed by atoms with Gasteiger partial charge in [-0.15, -0.1) is 0 Å². The lowest BCUT2D eigenvalue weighted by Gasteiger charge is -2.45. The van der Waals surface area contributed by atoms with Crippen LogP contribution >= 0.6 is 12.6 Å². The van der Waals surface area contributed by atoms with Crippen molar-refractivity contribution in [3.63, 3.8) is 0 Å².